The number of benzene rings is 2. The Kier molecular flexibility index (Phi) is 7.15. The molecule has 2 amide bonds. The van der Waals surface area contributed by atoms with Crippen LogP contribution in [0.2, 0.25) is 5.02 Å². The van der Waals surface area contributed by atoms with Gasteiger partial charge in [0.15, 0.2) is 0 Å². The summed E-state index contributed by atoms with van der Waals surface area (Å²) in [6.07, 6.45) is 0. The molecule has 0 fully saturated rings. The maximum Gasteiger partial charge on any atom is 0.338 e. The van der Waals surface area contributed by atoms with Crippen molar-refractivity contribution in [3.8, 4) is 0 Å². The van der Waals surface area contributed by atoms with E-state index >= 15 is 0 Å². The van der Waals surface area contributed by atoms with Crippen LogP contribution >= 0.6 is 11.6 Å². The number of halogens is 1. The average molecular weight is 457 g/mol. The normalized spacial score (nSPS) is 11.8. The highest BCUT2D eigenvalue weighted by Gasteiger charge is 2.23. The van der Waals surface area contributed by atoms with Gasteiger partial charge in [0.25, 0.3) is 5.56 Å². The summed E-state index contributed by atoms with van der Waals surface area (Å²) in [5, 5.41) is 3.69. The van der Waals surface area contributed by atoms with E-state index in [1.54, 1.807) is 67.9 Å². The molecule has 1 aromatic heterocycles. The van der Waals surface area contributed by atoms with Gasteiger partial charge in [-0.2, -0.15) is 0 Å². The van der Waals surface area contributed by atoms with Crippen molar-refractivity contribution in [1.82, 2.24) is 14.5 Å². The molecule has 1 N–H and O–H groups in total. The number of ether oxygens (including phenoxy) is 1. The number of carbonyl (C=O) groups excluding carboxylic acids is 2. The number of rotatable bonds is 6. The minimum absolute atomic E-state index is 0.204. The number of urea groups is 1. The SMILES string of the molecule is CCOC(=O)c1ccc(NC(=O)N(C)C(C)c2nc3ccc(Cl)cc3c(=O)n2CC)cc1. The van der Waals surface area contributed by atoms with Gasteiger partial charge in [0.2, 0.25) is 0 Å². The van der Waals surface area contributed by atoms with Crippen molar-refractivity contribution in [2.45, 2.75) is 33.4 Å². The maximum atomic E-state index is 13.0. The van der Waals surface area contributed by atoms with Gasteiger partial charge in [-0.25, -0.2) is 14.6 Å². The smallest absolute Gasteiger partial charge is 0.338 e. The highest BCUT2D eigenvalue weighted by Crippen LogP contribution is 2.22. The molecule has 3 rings (SSSR count). The molecule has 9 heteroatoms. The van der Waals surface area contributed by atoms with E-state index in [4.69, 9.17) is 16.3 Å². The molecule has 1 atom stereocenters. The van der Waals surface area contributed by atoms with Crippen molar-refractivity contribution >= 4 is 40.2 Å². The van der Waals surface area contributed by atoms with E-state index in [0.29, 0.717) is 46.2 Å². The van der Waals surface area contributed by atoms with Crippen LogP contribution in [-0.4, -0.2) is 40.1 Å². The molecule has 3 aromatic rings. The predicted molar refractivity (Wildman–Crippen MR) is 124 cm³/mol. The molecule has 0 saturated heterocycles. The molecule has 0 aliphatic rings. The topological polar surface area (TPSA) is 93.5 Å². The number of nitrogens with zero attached hydrogens (tertiary/aromatic N) is 3. The van der Waals surface area contributed by atoms with Gasteiger partial charge in [-0.1, -0.05) is 11.6 Å². The average Bonchev–Trinajstić information content (AvgIpc) is 2.79. The summed E-state index contributed by atoms with van der Waals surface area (Å²) in [5.41, 5.74) is 1.25. The summed E-state index contributed by atoms with van der Waals surface area (Å²) in [7, 11) is 1.63. The van der Waals surface area contributed by atoms with Gasteiger partial charge in [-0.3, -0.25) is 9.36 Å². The van der Waals surface area contributed by atoms with E-state index in [9.17, 15) is 14.4 Å². The number of amides is 2. The van der Waals surface area contributed by atoms with Crippen LogP contribution in [0.15, 0.2) is 47.3 Å². The van der Waals surface area contributed by atoms with Crippen molar-refractivity contribution < 1.29 is 14.3 Å². The predicted octanol–water partition coefficient (Wildman–Crippen LogP) is 4.47. The van der Waals surface area contributed by atoms with Gasteiger partial charge in [0.1, 0.15) is 5.82 Å². The third-order valence-electron chi connectivity index (χ3n) is 5.18. The number of nitrogens with one attached hydrogen (secondary N) is 1. The first-order valence-corrected chi connectivity index (χ1v) is 10.7. The second kappa shape index (κ2) is 9.82. The molecule has 0 spiro atoms. The zero-order valence-corrected chi connectivity index (χ0v) is 19.1. The summed E-state index contributed by atoms with van der Waals surface area (Å²) < 4.78 is 6.50. The van der Waals surface area contributed by atoms with E-state index in [-0.39, 0.29) is 11.6 Å². The summed E-state index contributed by atoms with van der Waals surface area (Å²) in [6, 6.07) is 10.5. The fourth-order valence-corrected chi connectivity index (χ4v) is 3.47. The van der Waals surface area contributed by atoms with Gasteiger partial charge in [-0.15, -0.1) is 0 Å². The second-order valence-electron chi connectivity index (χ2n) is 7.20. The lowest BCUT2D eigenvalue weighted by atomic mass is 10.2. The molecule has 168 valence electrons. The number of hydrogen-bond donors (Lipinski definition) is 1. The maximum absolute atomic E-state index is 13.0. The third kappa shape index (κ3) is 4.75. The minimum atomic E-state index is -0.485. The Labute approximate surface area is 190 Å². The second-order valence-corrected chi connectivity index (χ2v) is 7.63. The van der Waals surface area contributed by atoms with E-state index in [1.807, 2.05) is 6.92 Å². The van der Waals surface area contributed by atoms with Crippen molar-refractivity contribution in [2.24, 2.45) is 0 Å². The first-order chi connectivity index (χ1) is 15.3. The first kappa shape index (κ1) is 23.3. The summed E-state index contributed by atoms with van der Waals surface area (Å²) >= 11 is 6.04. The van der Waals surface area contributed by atoms with E-state index < -0.39 is 12.0 Å². The van der Waals surface area contributed by atoms with Crippen molar-refractivity contribution in [3.63, 3.8) is 0 Å². The van der Waals surface area contributed by atoms with Crippen LogP contribution in [0.3, 0.4) is 0 Å². The highest BCUT2D eigenvalue weighted by molar-refractivity contribution is 6.31. The van der Waals surface area contributed by atoms with Crippen LogP contribution in [0.4, 0.5) is 10.5 Å². The first-order valence-electron chi connectivity index (χ1n) is 10.3. The molecular weight excluding hydrogens is 432 g/mol. The van der Waals surface area contributed by atoms with Crippen LogP contribution in [0.1, 0.15) is 43.0 Å². The number of fused-ring (bicyclic) bond motifs is 1. The molecule has 0 radical (unpaired) electrons. The Bertz CT molecular complexity index is 1210. The Hall–Kier alpha value is -3.39. The summed E-state index contributed by atoms with van der Waals surface area (Å²) in [4.78, 5) is 43.7. The summed E-state index contributed by atoms with van der Waals surface area (Å²) in [6.45, 7) is 6.08. The number of aromatic nitrogens is 2. The zero-order valence-electron chi connectivity index (χ0n) is 18.4. The van der Waals surface area contributed by atoms with Gasteiger partial charge in [-0.05, 0) is 63.2 Å². The number of esters is 1. The summed E-state index contributed by atoms with van der Waals surface area (Å²) in [5.74, 6) is 0.0555. The molecule has 0 aliphatic carbocycles. The van der Waals surface area contributed by atoms with E-state index in [2.05, 4.69) is 10.3 Å². The molecule has 0 bridgehead atoms. The molecule has 8 nitrogen and oxygen atoms in total. The molecule has 2 aromatic carbocycles. The number of carbonyl (C=O) groups is 2. The monoisotopic (exact) mass is 456 g/mol. The minimum Gasteiger partial charge on any atom is -0.462 e. The van der Waals surface area contributed by atoms with E-state index in [0.717, 1.165) is 0 Å². The molecule has 1 heterocycles. The lowest BCUT2D eigenvalue weighted by Gasteiger charge is -2.27. The Morgan fingerprint density at radius 1 is 1.19 bits per heavy atom. The third-order valence-corrected chi connectivity index (χ3v) is 5.42. The van der Waals surface area contributed by atoms with Crippen LogP contribution in [-0.2, 0) is 11.3 Å². The lowest BCUT2D eigenvalue weighted by molar-refractivity contribution is 0.0526. The van der Waals surface area contributed by atoms with E-state index in [1.165, 1.54) is 4.90 Å². The molecule has 0 saturated carbocycles. The van der Waals surface area contributed by atoms with Crippen molar-refractivity contribution in [2.75, 3.05) is 19.0 Å². The lowest BCUT2D eigenvalue weighted by Crippen LogP contribution is -2.37. The number of anilines is 1. The van der Waals surface area contributed by atoms with Gasteiger partial charge < -0.3 is 15.0 Å². The fourth-order valence-electron chi connectivity index (χ4n) is 3.30. The zero-order chi connectivity index (χ0) is 23.4. The Morgan fingerprint density at radius 3 is 2.50 bits per heavy atom. The number of hydrogen-bond acceptors (Lipinski definition) is 5. The van der Waals surface area contributed by atoms with Crippen LogP contribution in [0, 0.1) is 0 Å². The van der Waals surface area contributed by atoms with Gasteiger partial charge >= 0.3 is 12.0 Å². The van der Waals surface area contributed by atoms with Crippen LogP contribution < -0.4 is 10.9 Å². The van der Waals surface area contributed by atoms with Crippen molar-refractivity contribution in [1.29, 1.82) is 0 Å². The van der Waals surface area contributed by atoms with Crippen LogP contribution in [0.5, 0.6) is 0 Å². The fraction of sp³-hybridized carbons (Fsp3) is 0.304. The molecular formula is C23H25ClN4O4. The largest absolute Gasteiger partial charge is 0.462 e. The van der Waals surface area contributed by atoms with Crippen LogP contribution in [0.25, 0.3) is 10.9 Å². The molecule has 1 unspecified atom stereocenters. The van der Waals surface area contributed by atoms with Gasteiger partial charge in [0, 0.05) is 24.3 Å². The molecule has 32 heavy (non-hydrogen) atoms. The highest BCUT2D eigenvalue weighted by atomic mass is 35.5. The quantitative estimate of drug-likeness (QED) is 0.552. The van der Waals surface area contributed by atoms with Gasteiger partial charge in [0.05, 0.1) is 29.1 Å². The Balaban J connectivity index is 1.83. The standard InChI is InChI=1S/C23H25ClN4O4/c1-5-28-20(26-19-12-9-16(24)13-18(19)21(28)29)14(3)27(4)23(31)25-17-10-7-15(8-11-17)22(30)32-6-2/h7-14H,5-6H2,1-4H3,(H,25,31). The van der Waals surface area contributed by atoms with Crippen molar-refractivity contribution in [3.05, 3.63) is 69.2 Å². The Morgan fingerprint density at radius 2 is 1.88 bits per heavy atom. The molecule has 0 aliphatic heterocycles.